The molecule has 0 aliphatic carbocycles. The molecule has 0 saturated carbocycles. The van der Waals surface area contributed by atoms with Crippen molar-refractivity contribution < 1.29 is 8.78 Å². The lowest BCUT2D eigenvalue weighted by atomic mass is 9.99. The molecule has 0 spiro atoms. The van der Waals surface area contributed by atoms with Gasteiger partial charge in [0, 0.05) is 27.9 Å². The summed E-state index contributed by atoms with van der Waals surface area (Å²) in [5, 5.41) is 0.266. The van der Waals surface area contributed by atoms with E-state index in [9.17, 15) is 13.6 Å². The Kier molecular flexibility index (Phi) is 5.00. The largest absolute Gasteiger partial charge is 0.317 e. The Morgan fingerprint density at radius 2 is 1.86 bits per heavy atom. The third-order valence-electron chi connectivity index (χ3n) is 4.87. The third kappa shape index (κ3) is 3.07. The number of hydrogen-bond donors (Lipinski definition) is 0. The number of fused-ring (bicyclic) bond motifs is 3. The second kappa shape index (κ2) is 7.35. The van der Waals surface area contributed by atoms with Crippen LogP contribution in [0.3, 0.4) is 0 Å². The zero-order chi connectivity index (χ0) is 20.9. The highest BCUT2D eigenvalue weighted by Crippen LogP contribution is 2.38. The van der Waals surface area contributed by atoms with Gasteiger partial charge in [0.2, 0.25) is 0 Å². The summed E-state index contributed by atoms with van der Waals surface area (Å²) in [6, 6.07) is 7.97. The minimum Gasteiger partial charge on any atom is -0.317 e. The van der Waals surface area contributed by atoms with Gasteiger partial charge in [0.15, 0.2) is 5.43 Å². The van der Waals surface area contributed by atoms with Gasteiger partial charge < -0.3 is 4.57 Å². The van der Waals surface area contributed by atoms with E-state index < -0.39 is 17.7 Å². The molecule has 1 aliphatic rings. The van der Waals surface area contributed by atoms with E-state index in [0.29, 0.717) is 27.0 Å². The summed E-state index contributed by atoms with van der Waals surface area (Å²) in [6.07, 6.45) is 3.08. The van der Waals surface area contributed by atoms with E-state index in [-0.39, 0.29) is 21.7 Å². The Hall–Kier alpha value is -2.57. The molecule has 4 rings (SSSR count). The van der Waals surface area contributed by atoms with Gasteiger partial charge in [-0.3, -0.25) is 9.79 Å². The highest BCUT2D eigenvalue weighted by atomic mass is 79.9. The molecule has 0 amide bonds. The van der Waals surface area contributed by atoms with E-state index in [1.807, 2.05) is 0 Å². The number of rotatable bonds is 2. The van der Waals surface area contributed by atoms with Gasteiger partial charge in [0.05, 0.1) is 33.7 Å². The first kappa shape index (κ1) is 19.7. The van der Waals surface area contributed by atoms with E-state index in [1.54, 1.807) is 29.8 Å². The molecule has 1 aliphatic heterocycles. The molecule has 0 radical (unpaired) electrons. The van der Waals surface area contributed by atoms with Crippen molar-refractivity contribution in [3.05, 3.63) is 103 Å². The molecule has 2 heterocycles. The molecule has 7 heteroatoms. The highest BCUT2D eigenvalue weighted by molar-refractivity contribution is 9.10. The molecular formula is C22H14BrClF2N2O. The Morgan fingerprint density at radius 3 is 2.52 bits per heavy atom. The summed E-state index contributed by atoms with van der Waals surface area (Å²) in [6.45, 7) is 5.50. The second-order valence-corrected chi connectivity index (χ2v) is 7.79. The summed E-state index contributed by atoms with van der Waals surface area (Å²) in [4.78, 5) is 17.0. The molecular weight excluding hydrogens is 462 g/mol. The van der Waals surface area contributed by atoms with Crippen molar-refractivity contribution in [2.75, 3.05) is 0 Å². The van der Waals surface area contributed by atoms with Crippen LogP contribution >= 0.6 is 27.5 Å². The number of nitrogens with zero attached hydrogens (tertiary/aromatic N) is 2. The van der Waals surface area contributed by atoms with E-state index in [1.165, 1.54) is 30.3 Å². The average Bonchev–Trinajstić information content (AvgIpc) is 2.80. The van der Waals surface area contributed by atoms with Gasteiger partial charge in [-0.05, 0) is 47.1 Å². The zero-order valence-electron chi connectivity index (χ0n) is 15.2. The second-order valence-electron chi connectivity index (χ2n) is 6.56. The van der Waals surface area contributed by atoms with Crippen LogP contribution in [0.2, 0.25) is 5.02 Å². The first-order valence-corrected chi connectivity index (χ1v) is 9.91. The normalized spacial score (nSPS) is 15.2. The molecule has 0 saturated heterocycles. The number of hydrogen-bond acceptors (Lipinski definition) is 2. The van der Waals surface area contributed by atoms with Crippen LogP contribution in [-0.2, 0) is 0 Å². The maximum absolute atomic E-state index is 14.7. The van der Waals surface area contributed by atoms with Crippen LogP contribution in [0.15, 0.2) is 63.4 Å². The fourth-order valence-corrected chi connectivity index (χ4v) is 4.19. The predicted octanol–water partition coefficient (Wildman–Crippen LogP) is 6.09. The first-order valence-electron chi connectivity index (χ1n) is 8.74. The highest BCUT2D eigenvalue weighted by Gasteiger charge is 2.29. The minimum atomic E-state index is -0.748. The number of benzene rings is 2. The fourth-order valence-electron chi connectivity index (χ4n) is 3.61. The standard InChI is InChI=1S/C22H14BrClF2N2O/c1-3-12-17(29)9-10-28-16-8-7-13(23)20(24)19(16)21(27-11(2)22(12)28)18-14(25)5-4-6-15(18)26/h3-11H,1H2,2H3/t11-/m0/s1. The van der Waals surface area contributed by atoms with Crippen molar-refractivity contribution in [3.63, 3.8) is 0 Å². The van der Waals surface area contributed by atoms with Gasteiger partial charge in [-0.2, -0.15) is 0 Å². The smallest absolute Gasteiger partial charge is 0.189 e. The molecule has 0 bridgehead atoms. The lowest BCUT2D eigenvalue weighted by molar-refractivity contribution is 0.578. The van der Waals surface area contributed by atoms with Gasteiger partial charge in [-0.1, -0.05) is 30.3 Å². The molecule has 146 valence electrons. The Labute approximate surface area is 179 Å². The van der Waals surface area contributed by atoms with Crippen LogP contribution in [0.1, 0.15) is 35.3 Å². The monoisotopic (exact) mass is 474 g/mol. The molecule has 0 N–H and O–H groups in total. The first-order chi connectivity index (χ1) is 13.8. The van der Waals surface area contributed by atoms with Crippen molar-refractivity contribution >= 4 is 39.3 Å². The van der Waals surface area contributed by atoms with E-state index in [2.05, 4.69) is 27.5 Å². The Bertz CT molecular complexity index is 1250. The fraction of sp³-hybridized carbons (Fsp3) is 0.0909. The van der Waals surface area contributed by atoms with Crippen molar-refractivity contribution in [3.8, 4) is 5.69 Å². The molecule has 1 aromatic heterocycles. The quantitative estimate of drug-likeness (QED) is 0.442. The SMILES string of the molecule is C=Cc1c2n(ccc1=O)-c1ccc(Br)c(Cl)c1C(c1c(F)cccc1F)=N[C@H]2C. The van der Waals surface area contributed by atoms with Gasteiger partial charge in [0.1, 0.15) is 11.6 Å². The molecule has 3 aromatic rings. The average molecular weight is 476 g/mol. The van der Waals surface area contributed by atoms with Crippen LogP contribution in [0, 0.1) is 11.6 Å². The number of aliphatic imine (C=N–C) groups is 1. The maximum Gasteiger partial charge on any atom is 0.189 e. The summed E-state index contributed by atoms with van der Waals surface area (Å²) in [7, 11) is 0. The van der Waals surface area contributed by atoms with Gasteiger partial charge >= 0.3 is 0 Å². The number of halogens is 4. The Balaban J connectivity index is 2.20. The lowest BCUT2D eigenvalue weighted by Crippen LogP contribution is -2.16. The lowest BCUT2D eigenvalue weighted by Gasteiger charge is -2.18. The van der Waals surface area contributed by atoms with Crippen LogP contribution < -0.4 is 5.43 Å². The topological polar surface area (TPSA) is 34.4 Å². The number of aromatic nitrogens is 1. The van der Waals surface area contributed by atoms with Crippen molar-refractivity contribution in [1.29, 1.82) is 0 Å². The molecule has 0 unspecified atom stereocenters. The molecule has 29 heavy (non-hydrogen) atoms. The summed E-state index contributed by atoms with van der Waals surface area (Å²) in [5.41, 5.74) is 1.48. The summed E-state index contributed by atoms with van der Waals surface area (Å²) in [5.74, 6) is -1.50. The molecule has 1 atom stereocenters. The zero-order valence-corrected chi connectivity index (χ0v) is 17.6. The predicted molar refractivity (Wildman–Crippen MR) is 115 cm³/mol. The van der Waals surface area contributed by atoms with Gasteiger partial charge in [-0.15, -0.1) is 0 Å². The van der Waals surface area contributed by atoms with Crippen LogP contribution in [-0.4, -0.2) is 10.3 Å². The summed E-state index contributed by atoms with van der Waals surface area (Å²) >= 11 is 9.97. The maximum atomic E-state index is 14.7. The molecule has 3 nitrogen and oxygen atoms in total. The van der Waals surface area contributed by atoms with Crippen LogP contribution in [0.25, 0.3) is 11.8 Å². The van der Waals surface area contributed by atoms with Crippen LogP contribution in [0.4, 0.5) is 8.78 Å². The van der Waals surface area contributed by atoms with Gasteiger partial charge in [0.25, 0.3) is 0 Å². The molecule has 2 aromatic carbocycles. The van der Waals surface area contributed by atoms with E-state index in [0.717, 1.165) is 0 Å². The third-order valence-corrected chi connectivity index (χ3v) is 6.15. The van der Waals surface area contributed by atoms with E-state index in [4.69, 9.17) is 11.6 Å². The van der Waals surface area contributed by atoms with Crippen molar-refractivity contribution in [2.45, 2.75) is 13.0 Å². The number of pyridine rings is 1. The summed E-state index contributed by atoms with van der Waals surface area (Å²) < 4.78 is 31.8. The Morgan fingerprint density at radius 1 is 1.17 bits per heavy atom. The van der Waals surface area contributed by atoms with Crippen molar-refractivity contribution in [2.24, 2.45) is 4.99 Å². The van der Waals surface area contributed by atoms with E-state index >= 15 is 0 Å². The van der Waals surface area contributed by atoms with Crippen LogP contribution in [0.5, 0.6) is 0 Å². The molecule has 0 fully saturated rings. The minimum absolute atomic E-state index is 0.0839. The van der Waals surface area contributed by atoms with Crippen molar-refractivity contribution in [1.82, 2.24) is 4.57 Å². The van der Waals surface area contributed by atoms with Gasteiger partial charge in [-0.25, -0.2) is 8.78 Å².